The molecule has 0 radical (unpaired) electrons. The van der Waals surface area contributed by atoms with Crippen molar-refractivity contribution in [3.8, 4) is 22.6 Å². The molecule has 0 spiro atoms. The standard InChI is InChI=1S/C28H29FN6O4/c1-28(26(36)32-20-6-4-3-5-7-20)16-38-25(39-17-28)24-34-22(18-8-10-19(29)11-9-18)23(35-24)21-12-13-30-27(33-21)31-14-15-37-2/h3-13,25H,14-17H2,1-2H3,(H,32,36)(H,34,35)(H,30,31,33). The van der Waals surface area contributed by atoms with Gasteiger partial charge in [-0.15, -0.1) is 0 Å². The molecule has 1 saturated heterocycles. The van der Waals surface area contributed by atoms with Crippen LogP contribution in [0.5, 0.6) is 0 Å². The van der Waals surface area contributed by atoms with E-state index in [2.05, 4.69) is 25.6 Å². The van der Waals surface area contributed by atoms with E-state index >= 15 is 0 Å². The van der Waals surface area contributed by atoms with E-state index < -0.39 is 11.7 Å². The van der Waals surface area contributed by atoms with Crippen molar-refractivity contribution in [3.05, 3.63) is 78.5 Å². The summed E-state index contributed by atoms with van der Waals surface area (Å²) in [6.07, 6.45) is 0.799. The summed E-state index contributed by atoms with van der Waals surface area (Å²) in [5.74, 6) is 0.280. The second kappa shape index (κ2) is 11.7. The Hall–Kier alpha value is -4.19. The van der Waals surface area contributed by atoms with E-state index in [1.165, 1.54) is 12.1 Å². The van der Waals surface area contributed by atoms with Crippen LogP contribution in [0.25, 0.3) is 22.6 Å². The molecule has 11 heteroatoms. The minimum atomic E-state index is -0.892. The highest BCUT2D eigenvalue weighted by molar-refractivity contribution is 5.95. The summed E-state index contributed by atoms with van der Waals surface area (Å²) in [7, 11) is 1.62. The van der Waals surface area contributed by atoms with E-state index in [1.807, 2.05) is 30.3 Å². The number of para-hydroxylation sites is 1. The molecule has 0 saturated carbocycles. The van der Waals surface area contributed by atoms with Crippen molar-refractivity contribution in [2.24, 2.45) is 5.41 Å². The SMILES string of the molecule is COCCNc1nccc(-c2[nH]c(C3OCC(C)(C(=O)Nc4ccccc4)CO3)nc2-c2ccc(F)cc2)n1. The van der Waals surface area contributed by atoms with E-state index in [-0.39, 0.29) is 24.9 Å². The second-order valence-electron chi connectivity index (χ2n) is 9.37. The van der Waals surface area contributed by atoms with Crippen LogP contribution in [0.3, 0.4) is 0 Å². The van der Waals surface area contributed by atoms with Gasteiger partial charge in [0.2, 0.25) is 18.1 Å². The van der Waals surface area contributed by atoms with Crippen LogP contribution in [0.2, 0.25) is 0 Å². The zero-order valence-corrected chi connectivity index (χ0v) is 21.6. The van der Waals surface area contributed by atoms with Crippen LogP contribution >= 0.6 is 0 Å². The van der Waals surface area contributed by atoms with Crippen molar-refractivity contribution in [2.75, 3.05) is 44.1 Å². The molecule has 0 atom stereocenters. The lowest BCUT2D eigenvalue weighted by molar-refractivity contribution is -0.229. The first-order chi connectivity index (χ1) is 18.9. The Bertz CT molecular complexity index is 1410. The fraction of sp³-hybridized carbons (Fsp3) is 0.286. The molecule has 3 heterocycles. The van der Waals surface area contributed by atoms with Crippen molar-refractivity contribution in [3.63, 3.8) is 0 Å². The molecule has 0 bridgehead atoms. The van der Waals surface area contributed by atoms with Crippen molar-refractivity contribution in [1.82, 2.24) is 19.9 Å². The number of aromatic amines is 1. The number of ether oxygens (including phenoxy) is 3. The first-order valence-corrected chi connectivity index (χ1v) is 12.5. The average Bonchev–Trinajstić information content (AvgIpc) is 3.40. The minimum absolute atomic E-state index is 0.124. The van der Waals surface area contributed by atoms with Crippen molar-refractivity contribution >= 4 is 17.5 Å². The molecule has 5 rings (SSSR count). The monoisotopic (exact) mass is 532 g/mol. The molecular formula is C28H29FN6O4. The van der Waals surface area contributed by atoms with Crippen LogP contribution in [0.1, 0.15) is 19.0 Å². The van der Waals surface area contributed by atoms with Gasteiger partial charge in [0.1, 0.15) is 5.82 Å². The topological polar surface area (TPSA) is 123 Å². The first kappa shape index (κ1) is 26.4. The molecule has 3 N–H and O–H groups in total. The summed E-state index contributed by atoms with van der Waals surface area (Å²) in [5, 5.41) is 6.02. The van der Waals surface area contributed by atoms with Crippen LogP contribution in [0.15, 0.2) is 66.9 Å². The average molecular weight is 533 g/mol. The fourth-order valence-electron chi connectivity index (χ4n) is 4.05. The normalized spacial score (nSPS) is 19.0. The Kier molecular flexibility index (Phi) is 7.92. The highest BCUT2D eigenvalue weighted by atomic mass is 19.1. The molecule has 1 amide bonds. The predicted octanol–water partition coefficient (Wildman–Crippen LogP) is 4.42. The van der Waals surface area contributed by atoms with Gasteiger partial charge in [-0.05, 0) is 49.4 Å². The zero-order valence-electron chi connectivity index (χ0n) is 21.6. The number of aromatic nitrogens is 4. The highest BCUT2D eigenvalue weighted by Crippen LogP contribution is 2.36. The van der Waals surface area contributed by atoms with Gasteiger partial charge in [-0.3, -0.25) is 4.79 Å². The summed E-state index contributed by atoms with van der Waals surface area (Å²) in [6, 6.07) is 17.0. The third-order valence-electron chi connectivity index (χ3n) is 6.25. The molecule has 202 valence electrons. The Morgan fingerprint density at radius 3 is 2.56 bits per heavy atom. The fourth-order valence-corrected chi connectivity index (χ4v) is 4.05. The molecule has 1 aliphatic heterocycles. The van der Waals surface area contributed by atoms with Crippen LogP contribution in [-0.4, -0.2) is 59.3 Å². The summed E-state index contributed by atoms with van der Waals surface area (Å²) in [4.78, 5) is 29.8. The maximum Gasteiger partial charge on any atom is 0.234 e. The van der Waals surface area contributed by atoms with Gasteiger partial charge >= 0.3 is 0 Å². The van der Waals surface area contributed by atoms with E-state index in [9.17, 15) is 9.18 Å². The maximum atomic E-state index is 13.7. The summed E-state index contributed by atoms with van der Waals surface area (Å²) < 4.78 is 30.7. The van der Waals surface area contributed by atoms with E-state index in [0.29, 0.717) is 53.3 Å². The molecule has 10 nitrogen and oxygen atoms in total. The molecular weight excluding hydrogens is 503 g/mol. The van der Waals surface area contributed by atoms with Gasteiger partial charge in [0, 0.05) is 31.1 Å². The first-order valence-electron chi connectivity index (χ1n) is 12.5. The number of halogens is 1. The molecule has 4 aromatic rings. The number of hydrogen-bond acceptors (Lipinski definition) is 8. The molecule has 1 aliphatic rings. The predicted molar refractivity (Wildman–Crippen MR) is 143 cm³/mol. The minimum Gasteiger partial charge on any atom is -0.383 e. The van der Waals surface area contributed by atoms with Crippen LogP contribution in [0, 0.1) is 11.2 Å². The number of benzene rings is 2. The van der Waals surface area contributed by atoms with Crippen molar-refractivity contribution in [1.29, 1.82) is 0 Å². The number of nitrogens with zero attached hydrogens (tertiary/aromatic N) is 3. The molecule has 0 unspecified atom stereocenters. The highest BCUT2D eigenvalue weighted by Gasteiger charge is 2.41. The number of carbonyl (C=O) groups excluding carboxylic acids is 1. The van der Waals surface area contributed by atoms with E-state index in [1.54, 1.807) is 38.4 Å². The van der Waals surface area contributed by atoms with Crippen LogP contribution in [-0.2, 0) is 19.0 Å². The molecule has 1 fully saturated rings. The lowest BCUT2D eigenvalue weighted by Gasteiger charge is -2.35. The second-order valence-corrected chi connectivity index (χ2v) is 9.37. The number of imidazole rings is 1. The smallest absolute Gasteiger partial charge is 0.234 e. The zero-order chi connectivity index (χ0) is 27.2. The van der Waals surface area contributed by atoms with Crippen molar-refractivity contribution in [2.45, 2.75) is 13.2 Å². The lowest BCUT2D eigenvalue weighted by atomic mass is 9.91. The molecule has 2 aromatic carbocycles. The Labute approximate surface area is 225 Å². The van der Waals surface area contributed by atoms with Gasteiger partial charge in [-0.1, -0.05) is 18.2 Å². The van der Waals surface area contributed by atoms with Gasteiger partial charge in [0.05, 0.1) is 42.3 Å². The summed E-state index contributed by atoms with van der Waals surface area (Å²) >= 11 is 0. The number of H-pyrrole nitrogens is 1. The van der Waals surface area contributed by atoms with E-state index in [4.69, 9.17) is 19.2 Å². The summed E-state index contributed by atoms with van der Waals surface area (Å²) in [6.45, 7) is 3.08. The lowest BCUT2D eigenvalue weighted by Crippen LogP contribution is -2.45. The summed E-state index contributed by atoms with van der Waals surface area (Å²) in [5.41, 5.74) is 2.21. The third-order valence-corrected chi connectivity index (χ3v) is 6.25. The number of nitrogens with one attached hydrogen (secondary N) is 3. The maximum absolute atomic E-state index is 13.7. The van der Waals surface area contributed by atoms with Gasteiger partial charge in [-0.2, -0.15) is 0 Å². The largest absolute Gasteiger partial charge is 0.383 e. The molecule has 0 aliphatic carbocycles. The Morgan fingerprint density at radius 2 is 1.85 bits per heavy atom. The van der Waals surface area contributed by atoms with Gasteiger partial charge in [0.25, 0.3) is 0 Å². The van der Waals surface area contributed by atoms with Gasteiger partial charge in [-0.25, -0.2) is 19.3 Å². The van der Waals surface area contributed by atoms with Gasteiger partial charge < -0.3 is 29.8 Å². The van der Waals surface area contributed by atoms with Crippen LogP contribution < -0.4 is 10.6 Å². The molecule has 2 aromatic heterocycles. The number of methoxy groups -OCH3 is 1. The quantitative estimate of drug-likeness (QED) is 0.271. The Balaban J connectivity index is 1.38. The van der Waals surface area contributed by atoms with Gasteiger partial charge in [0.15, 0.2) is 5.82 Å². The number of anilines is 2. The Morgan fingerprint density at radius 1 is 1.10 bits per heavy atom. The van der Waals surface area contributed by atoms with Crippen molar-refractivity contribution < 1.29 is 23.4 Å². The number of hydrogen-bond donors (Lipinski definition) is 3. The number of amides is 1. The third kappa shape index (κ3) is 6.11. The molecule has 39 heavy (non-hydrogen) atoms. The van der Waals surface area contributed by atoms with E-state index in [0.717, 1.165) is 0 Å². The number of rotatable bonds is 9. The number of carbonyl (C=O) groups is 1. The van der Waals surface area contributed by atoms with Crippen LogP contribution in [0.4, 0.5) is 16.0 Å².